The molecule has 0 bridgehead atoms. The maximum Gasteiger partial charge on any atom is 0.339 e. The van der Waals surface area contributed by atoms with Crippen molar-refractivity contribution in [2.45, 2.75) is 27.2 Å². The topological polar surface area (TPSA) is 76.0 Å². The van der Waals surface area contributed by atoms with E-state index in [4.69, 9.17) is 5.11 Å². The second-order valence-electron chi connectivity index (χ2n) is 4.03. The molecule has 0 saturated carbocycles. The third kappa shape index (κ3) is 2.53. The minimum Gasteiger partial charge on any atom is -0.478 e. The van der Waals surface area contributed by atoms with E-state index < -0.39 is 5.97 Å². The molecule has 0 aliphatic rings. The number of hydrogen-bond acceptors (Lipinski definition) is 5. The van der Waals surface area contributed by atoms with Crippen LogP contribution in [0.15, 0.2) is 5.38 Å². The van der Waals surface area contributed by atoms with Crippen molar-refractivity contribution < 1.29 is 9.90 Å². The second-order valence-corrected chi connectivity index (χ2v) is 5.09. The average Bonchev–Trinajstić information content (AvgIpc) is 2.62. The molecule has 0 aromatic carbocycles. The Morgan fingerprint density at radius 1 is 1.22 bits per heavy atom. The lowest BCUT2D eigenvalue weighted by Gasteiger charge is -2.06. The Hall–Kier alpha value is -1.82. The molecule has 0 aliphatic carbocycles. The highest BCUT2D eigenvalue weighted by molar-refractivity contribution is 7.09. The van der Waals surface area contributed by atoms with Gasteiger partial charge in [0, 0.05) is 5.38 Å². The van der Waals surface area contributed by atoms with Crippen LogP contribution < -0.4 is 0 Å². The third-order valence-corrected chi connectivity index (χ3v) is 3.36. The van der Waals surface area contributed by atoms with Crippen molar-refractivity contribution in [2.24, 2.45) is 0 Å². The van der Waals surface area contributed by atoms with E-state index >= 15 is 0 Å². The number of carboxylic acids is 1. The van der Waals surface area contributed by atoms with Crippen molar-refractivity contribution in [3.05, 3.63) is 38.9 Å². The van der Waals surface area contributed by atoms with Crippen LogP contribution in [-0.4, -0.2) is 26.0 Å². The molecule has 0 radical (unpaired) electrons. The molecule has 0 amide bonds. The number of aromatic carboxylic acids is 1. The summed E-state index contributed by atoms with van der Waals surface area (Å²) in [5, 5.41) is 12.0. The molecule has 2 heterocycles. The van der Waals surface area contributed by atoms with E-state index in [-0.39, 0.29) is 5.56 Å². The Morgan fingerprint density at radius 3 is 2.28 bits per heavy atom. The van der Waals surface area contributed by atoms with E-state index in [0.29, 0.717) is 23.6 Å². The molecule has 18 heavy (non-hydrogen) atoms. The predicted octanol–water partition coefficient (Wildman–Crippen LogP) is 2.15. The summed E-state index contributed by atoms with van der Waals surface area (Å²) in [5.74, 6) is -0.374. The molecule has 0 fully saturated rings. The Balaban J connectivity index is 2.33. The lowest BCUT2D eigenvalue weighted by Crippen LogP contribution is -2.10. The van der Waals surface area contributed by atoms with Gasteiger partial charge in [0.15, 0.2) is 0 Å². The average molecular weight is 263 g/mol. The first-order chi connectivity index (χ1) is 8.47. The van der Waals surface area contributed by atoms with Gasteiger partial charge in [-0.15, -0.1) is 11.3 Å². The van der Waals surface area contributed by atoms with Crippen LogP contribution in [0.3, 0.4) is 0 Å². The maximum atomic E-state index is 11.0. The Kier molecular flexibility index (Phi) is 3.38. The van der Waals surface area contributed by atoms with E-state index in [2.05, 4.69) is 15.0 Å². The minimum atomic E-state index is -0.985. The van der Waals surface area contributed by atoms with Gasteiger partial charge in [0.05, 0.1) is 28.5 Å². The molecular weight excluding hydrogens is 250 g/mol. The smallest absolute Gasteiger partial charge is 0.339 e. The van der Waals surface area contributed by atoms with Crippen molar-refractivity contribution in [1.82, 2.24) is 15.0 Å². The van der Waals surface area contributed by atoms with Gasteiger partial charge in [-0.2, -0.15) is 0 Å². The van der Waals surface area contributed by atoms with Crippen LogP contribution in [0, 0.1) is 20.8 Å². The summed E-state index contributed by atoms with van der Waals surface area (Å²) in [4.78, 5) is 23.8. The van der Waals surface area contributed by atoms with Crippen LogP contribution in [0.2, 0.25) is 0 Å². The first kappa shape index (κ1) is 12.6. The van der Waals surface area contributed by atoms with Gasteiger partial charge >= 0.3 is 5.97 Å². The van der Waals surface area contributed by atoms with Crippen molar-refractivity contribution in [2.75, 3.05) is 0 Å². The number of thiazole rings is 1. The van der Waals surface area contributed by atoms with Gasteiger partial charge in [0.25, 0.3) is 0 Å². The van der Waals surface area contributed by atoms with Crippen molar-refractivity contribution >= 4 is 17.3 Å². The number of carbonyl (C=O) groups is 1. The van der Waals surface area contributed by atoms with E-state index in [1.165, 1.54) is 0 Å². The number of rotatable bonds is 3. The fourth-order valence-corrected chi connectivity index (χ4v) is 2.44. The quantitative estimate of drug-likeness (QED) is 0.918. The summed E-state index contributed by atoms with van der Waals surface area (Å²) in [6.45, 7) is 5.32. The number of aryl methyl sites for hydroxylation is 3. The summed E-state index contributed by atoms with van der Waals surface area (Å²) in [6.07, 6.45) is 0.534. The van der Waals surface area contributed by atoms with Gasteiger partial charge in [-0.3, -0.25) is 0 Å². The molecule has 2 rings (SSSR count). The Morgan fingerprint density at radius 2 is 1.83 bits per heavy atom. The zero-order valence-corrected chi connectivity index (χ0v) is 11.2. The standard InChI is InChI=1S/C12H13N3O2S/c1-6-11(12(16)17)7(2)14-10(13-6)4-9-5-18-8(3)15-9/h5H,4H2,1-3H3,(H,16,17). The number of carboxylic acid groups (broad SMARTS) is 1. The molecule has 0 atom stereocenters. The van der Waals surface area contributed by atoms with Crippen LogP contribution >= 0.6 is 11.3 Å². The summed E-state index contributed by atoms with van der Waals surface area (Å²) in [5.41, 5.74) is 2.10. The monoisotopic (exact) mass is 263 g/mol. The third-order valence-electron chi connectivity index (χ3n) is 2.54. The molecular formula is C12H13N3O2S. The fraction of sp³-hybridized carbons (Fsp3) is 0.333. The normalized spacial score (nSPS) is 10.6. The summed E-state index contributed by atoms with van der Waals surface area (Å²) < 4.78 is 0. The molecule has 0 saturated heterocycles. The van der Waals surface area contributed by atoms with Gasteiger partial charge in [-0.05, 0) is 20.8 Å². The summed E-state index contributed by atoms with van der Waals surface area (Å²) >= 11 is 1.58. The molecule has 6 heteroatoms. The van der Waals surface area contributed by atoms with Crippen LogP contribution in [-0.2, 0) is 6.42 Å². The van der Waals surface area contributed by atoms with E-state index in [1.54, 1.807) is 25.2 Å². The molecule has 2 aromatic heterocycles. The largest absolute Gasteiger partial charge is 0.478 e. The first-order valence-electron chi connectivity index (χ1n) is 5.45. The van der Waals surface area contributed by atoms with Crippen LogP contribution in [0.5, 0.6) is 0 Å². The zero-order chi connectivity index (χ0) is 13.3. The number of aromatic nitrogens is 3. The zero-order valence-electron chi connectivity index (χ0n) is 10.4. The van der Waals surface area contributed by atoms with Crippen molar-refractivity contribution in [3.8, 4) is 0 Å². The highest BCUT2D eigenvalue weighted by atomic mass is 32.1. The van der Waals surface area contributed by atoms with Crippen molar-refractivity contribution in [3.63, 3.8) is 0 Å². The van der Waals surface area contributed by atoms with Crippen molar-refractivity contribution in [1.29, 1.82) is 0 Å². The van der Waals surface area contributed by atoms with Gasteiger partial charge in [0.2, 0.25) is 0 Å². The Labute approximate surface area is 109 Å². The Bertz CT molecular complexity index is 584. The SMILES string of the molecule is Cc1nc(Cc2nc(C)c(C(=O)O)c(C)n2)cs1. The van der Waals surface area contributed by atoms with E-state index in [9.17, 15) is 4.79 Å². The lowest BCUT2D eigenvalue weighted by molar-refractivity contribution is 0.0694. The second kappa shape index (κ2) is 4.81. The fourth-order valence-electron chi connectivity index (χ4n) is 1.83. The van der Waals surface area contributed by atoms with Crippen LogP contribution in [0.1, 0.15) is 38.3 Å². The molecule has 2 aromatic rings. The summed E-state index contributed by atoms with van der Waals surface area (Å²) in [7, 11) is 0. The highest BCUT2D eigenvalue weighted by Crippen LogP contribution is 2.14. The molecule has 5 nitrogen and oxygen atoms in total. The minimum absolute atomic E-state index is 0.188. The van der Waals surface area contributed by atoms with E-state index in [0.717, 1.165) is 10.7 Å². The number of nitrogens with zero attached hydrogens (tertiary/aromatic N) is 3. The molecule has 0 unspecified atom stereocenters. The molecule has 94 valence electrons. The summed E-state index contributed by atoms with van der Waals surface area (Å²) in [6, 6.07) is 0. The lowest BCUT2D eigenvalue weighted by atomic mass is 10.1. The van der Waals surface area contributed by atoms with Gasteiger partial charge in [-0.1, -0.05) is 0 Å². The molecule has 1 N–H and O–H groups in total. The maximum absolute atomic E-state index is 11.0. The van der Waals surface area contributed by atoms with Crippen LogP contribution in [0.4, 0.5) is 0 Å². The molecule has 0 aliphatic heterocycles. The molecule has 0 spiro atoms. The van der Waals surface area contributed by atoms with Crippen LogP contribution in [0.25, 0.3) is 0 Å². The number of hydrogen-bond donors (Lipinski definition) is 1. The van der Waals surface area contributed by atoms with Gasteiger partial charge < -0.3 is 5.11 Å². The highest BCUT2D eigenvalue weighted by Gasteiger charge is 2.15. The predicted molar refractivity (Wildman–Crippen MR) is 68.1 cm³/mol. The van der Waals surface area contributed by atoms with Gasteiger partial charge in [0.1, 0.15) is 11.4 Å². The van der Waals surface area contributed by atoms with E-state index in [1.807, 2.05) is 12.3 Å². The first-order valence-corrected chi connectivity index (χ1v) is 6.33. The van der Waals surface area contributed by atoms with Gasteiger partial charge in [-0.25, -0.2) is 19.7 Å².